The molecule has 2 amide bonds. The average molecular weight is 521 g/mol. The van der Waals surface area contributed by atoms with Crippen LogP contribution in [-0.2, 0) is 16.1 Å². The van der Waals surface area contributed by atoms with Gasteiger partial charge in [-0.25, -0.2) is 4.98 Å². The van der Waals surface area contributed by atoms with E-state index in [4.69, 9.17) is 4.99 Å². The van der Waals surface area contributed by atoms with Crippen molar-refractivity contribution >= 4 is 46.7 Å². The molecule has 1 aromatic heterocycles. The number of benzene rings is 3. The van der Waals surface area contributed by atoms with Gasteiger partial charge in [-0.05, 0) is 41.0 Å². The van der Waals surface area contributed by atoms with Crippen molar-refractivity contribution in [2.45, 2.75) is 19.4 Å². The number of nitro benzene ring substituents is 1. The van der Waals surface area contributed by atoms with Gasteiger partial charge in [0.1, 0.15) is 5.92 Å². The highest BCUT2D eigenvalue weighted by molar-refractivity contribution is 6.24. The van der Waals surface area contributed by atoms with Crippen molar-refractivity contribution in [3.8, 4) is 0 Å². The molecule has 5 rings (SSSR count). The fraction of sp³-hybridized carbons (Fsp3) is 0.103. The van der Waals surface area contributed by atoms with Crippen LogP contribution in [-0.4, -0.2) is 32.4 Å². The second-order valence-electron chi connectivity index (χ2n) is 8.99. The van der Waals surface area contributed by atoms with Crippen molar-refractivity contribution in [2.75, 3.05) is 5.32 Å². The summed E-state index contributed by atoms with van der Waals surface area (Å²) in [6.45, 7) is 1.82. The molecule has 1 aliphatic rings. The molecule has 1 aliphatic heterocycles. The van der Waals surface area contributed by atoms with Crippen molar-refractivity contribution < 1.29 is 14.5 Å². The van der Waals surface area contributed by atoms with Crippen LogP contribution in [0.5, 0.6) is 0 Å². The van der Waals surface area contributed by atoms with Crippen LogP contribution in [0.25, 0.3) is 12.2 Å². The number of hydrogen-bond donors (Lipinski definition) is 3. The number of H-pyrrole nitrogens is 1. The molecule has 0 spiro atoms. The van der Waals surface area contributed by atoms with Crippen LogP contribution in [0, 0.1) is 10.1 Å². The molecule has 0 saturated carbocycles. The largest absolute Gasteiger partial charge is 0.352 e. The number of nitro groups is 1. The molecule has 4 aromatic rings. The zero-order chi connectivity index (χ0) is 27.4. The Balaban J connectivity index is 1.53. The summed E-state index contributed by atoms with van der Waals surface area (Å²) in [6.07, 6.45) is 7.18. The van der Waals surface area contributed by atoms with Crippen molar-refractivity contribution in [3.63, 3.8) is 0 Å². The Hall–Kier alpha value is -5.38. The molecule has 10 heteroatoms. The van der Waals surface area contributed by atoms with Crippen LogP contribution in [0.2, 0.25) is 0 Å². The van der Waals surface area contributed by atoms with Crippen LogP contribution >= 0.6 is 0 Å². The lowest BCUT2D eigenvalue weighted by Gasteiger charge is -2.15. The number of nitrogens with one attached hydrogen (secondary N) is 3. The summed E-state index contributed by atoms with van der Waals surface area (Å²) < 4.78 is 0. The van der Waals surface area contributed by atoms with Gasteiger partial charge in [0.05, 0.1) is 34.5 Å². The summed E-state index contributed by atoms with van der Waals surface area (Å²) in [5, 5.41) is 17.0. The molecule has 39 heavy (non-hydrogen) atoms. The Morgan fingerprint density at radius 1 is 1.10 bits per heavy atom. The van der Waals surface area contributed by atoms with E-state index in [1.165, 1.54) is 19.1 Å². The van der Waals surface area contributed by atoms with Gasteiger partial charge in [0, 0.05) is 36.9 Å². The number of hydrogen-bond acceptors (Lipinski definition) is 6. The first-order valence-electron chi connectivity index (χ1n) is 12.2. The zero-order valence-corrected chi connectivity index (χ0v) is 20.9. The lowest BCUT2D eigenvalue weighted by atomic mass is 9.90. The first-order valence-corrected chi connectivity index (χ1v) is 12.2. The van der Waals surface area contributed by atoms with Gasteiger partial charge in [0.2, 0.25) is 11.8 Å². The minimum absolute atomic E-state index is 0.103. The van der Waals surface area contributed by atoms with Gasteiger partial charge in [-0.3, -0.25) is 24.7 Å². The monoisotopic (exact) mass is 520 g/mol. The maximum Gasteiger partial charge on any atom is 0.269 e. The van der Waals surface area contributed by atoms with Gasteiger partial charge < -0.3 is 15.6 Å². The molecule has 0 fully saturated rings. The highest BCUT2D eigenvalue weighted by Crippen LogP contribution is 2.38. The normalized spacial score (nSPS) is 14.7. The topological polar surface area (TPSA) is 142 Å². The quantitative estimate of drug-likeness (QED) is 0.171. The number of amides is 2. The number of aromatic nitrogens is 2. The standard InChI is InChI=1S/C29H24N6O4/c1-18(36)31-15-20-2-7-21(8-3-20)28(27-25-14-24(35(38)39)12-13-26(25)34-29(27)37)33-22-9-4-19(5-10-22)6-11-23-16-30-17-32-23/h2-14,16-17,27H,15H2,1H3,(H,30,32)(H,31,36)(H,34,37). The number of non-ortho nitro benzene ring substituents is 1. The van der Waals surface area contributed by atoms with E-state index in [9.17, 15) is 19.7 Å². The van der Waals surface area contributed by atoms with E-state index in [0.29, 0.717) is 34.8 Å². The van der Waals surface area contributed by atoms with Gasteiger partial charge in [-0.15, -0.1) is 0 Å². The summed E-state index contributed by atoms with van der Waals surface area (Å²) in [5.74, 6) is -1.29. The minimum atomic E-state index is -0.846. The Kier molecular flexibility index (Phi) is 7.09. The molecular weight excluding hydrogens is 496 g/mol. The molecule has 1 atom stereocenters. The third-order valence-corrected chi connectivity index (χ3v) is 6.26. The maximum absolute atomic E-state index is 13.2. The Morgan fingerprint density at radius 3 is 2.54 bits per heavy atom. The third-order valence-electron chi connectivity index (χ3n) is 6.26. The summed E-state index contributed by atoms with van der Waals surface area (Å²) >= 11 is 0. The SMILES string of the molecule is CC(=O)NCc1ccc(C(=Nc2ccc(C=Cc3cnc[nH]3)cc2)C2C(=O)Nc3ccc([N+](=O)[O-])cc32)cc1. The van der Waals surface area contributed by atoms with Gasteiger partial charge in [-0.2, -0.15) is 0 Å². The zero-order valence-electron chi connectivity index (χ0n) is 20.9. The predicted molar refractivity (Wildman–Crippen MR) is 149 cm³/mol. The van der Waals surface area contributed by atoms with E-state index in [-0.39, 0.29) is 17.5 Å². The molecule has 0 saturated heterocycles. The molecule has 2 heterocycles. The fourth-order valence-corrected chi connectivity index (χ4v) is 4.29. The van der Waals surface area contributed by atoms with Crippen molar-refractivity contribution in [2.24, 2.45) is 4.99 Å². The summed E-state index contributed by atoms with van der Waals surface area (Å²) in [6, 6.07) is 19.2. The lowest BCUT2D eigenvalue weighted by molar-refractivity contribution is -0.384. The van der Waals surface area contributed by atoms with Gasteiger partial charge in [-0.1, -0.05) is 42.5 Å². The molecular formula is C29H24N6O4. The number of fused-ring (bicyclic) bond motifs is 1. The first kappa shape index (κ1) is 25.3. The Morgan fingerprint density at radius 2 is 1.87 bits per heavy atom. The summed E-state index contributed by atoms with van der Waals surface area (Å²) in [4.78, 5) is 47.3. The number of carbonyl (C=O) groups is 2. The molecule has 10 nitrogen and oxygen atoms in total. The van der Waals surface area contributed by atoms with E-state index in [0.717, 1.165) is 16.8 Å². The molecule has 3 aromatic carbocycles. The van der Waals surface area contributed by atoms with Gasteiger partial charge >= 0.3 is 0 Å². The smallest absolute Gasteiger partial charge is 0.269 e. The van der Waals surface area contributed by atoms with Crippen LogP contribution in [0.1, 0.15) is 40.8 Å². The molecule has 0 bridgehead atoms. The first-order chi connectivity index (χ1) is 18.9. The van der Waals surface area contributed by atoms with E-state index in [1.54, 1.807) is 18.6 Å². The van der Waals surface area contributed by atoms with E-state index in [1.807, 2.05) is 60.7 Å². The van der Waals surface area contributed by atoms with Gasteiger partial charge in [0.15, 0.2) is 0 Å². The van der Waals surface area contributed by atoms with Crippen LogP contribution in [0.4, 0.5) is 17.1 Å². The van der Waals surface area contributed by atoms with Crippen molar-refractivity contribution in [1.82, 2.24) is 15.3 Å². The lowest BCUT2D eigenvalue weighted by Crippen LogP contribution is -2.22. The second kappa shape index (κ2) is 10.9. The number of rotatable bonds is 8. The Bertz CT molecular complexity index is 1590. The van der Waals surface area contributed by atoms with Gasteiger partial charge in [0.25, 0.3) is 5.69 Å². The molecule has 1 unspecified atom stereocenters. The molecule has 3 N–H and O–H groups in total. The van der Waals surface area contributed by atoms with Crippen LogP contribution in [0.3, 0.4) is 0 Å². The third kappa shape index (κ3) is 5.80. The average Bonchev–Trinajstić information content (AvgIpc) is 3.57. The van der Waals surface area contributed by atoms with E-state index < -0.39 is 10.8 Å². The number of nitrogens with zero attached hydrogens (tertiary/aromatic N) is 3. The predicted octanol–water partition coefficient (Wildman–Crippen LogP) is 4.98. The van der Waals surface area contributed by atoms with Crippen LogP contribution < -0.4 is 10.6 Å². The van der Waals surface area contributed by atoms with E-state index >= 15 is 0 Å². The molecule has 0 radical (unpaired) electrons. The Labute approximate surface area is 223 Å². The fourth-order valence-electron chi connectivity index (χ4n) is 4.29. The molecule has 0 aliphatic carbocycles. The summed E-state index contributed by atoms with van der Waals surface area (Å²) in [7, 11) is 0. The number of carbonyl (C=O) groups excluding carboxylic acids is 2. The van der Waals surface area contributed by atoms with Crippen molar-refractivity contribution in [1.29, 1.82) is 0 Å². The second-order valence-corrected chi connectivity index (χ2v) is 8.99. The number of imidazole rings is 1. The number of aliphatic imine (C=N–C) groups is 1. The highest BCUT2D eigenvalue weighted by atomic mass is 16.6. The maximum atomic E-state index is 13.2. The number of anilines is 1. The summed E-state index contributed by atoms with van der Waals surface area (Å²) in [5.41, 5.74) is 5.38. The highest BCUT2D eigenvalue weighted by Gasteiger charge is 2.36. The van der Waals surface area contributed by atoms with Crippen LogP contribution in [0.15, 0.2) is 84.2 Å². The minimum Gasteiger partial charge on any atom is -0.352 e. The van der Waals surface area contributed by atoms with Crippen molar-refractivity contribution in [3.05, 3.63) is 117 Å². The van der Waals surface area contributed by atoms with E-state index in [2.05, 4.69) is 20.6 Å². The molecule has 194 valence electrons. The number of aromatic amines is 1.